The fraction of sp³-hybridized carbons (Fsp3) is 0.941. The molecule has 0 aromatic rings. The fourth-order valence-corrected chi connectivity index (χ4v) is 3.67. The summed E-state index contributed by atoms with van der Waals surface area (Å²) in [5.41, 5.74) is 0.0307. The van der Waals surface area contributed by atoms with Crippen molar-refractivity contribution >= 4 is 5.97 Å². The third-order valence-corrected chi connectivity index (χ3v) is 5.01. The fourth-order valence-electron chi connectivity index (χ4n) is 3.67. The van der Waals surface area contributed by atoms with Gasteiger partial charge in [0, 0.05) is 13.3 Å². The Bertz CT molecular complexity index is 344. The topological polar surface area (TPSA) is 44.8 Å². The number of hydrogen-bond acceptors (Lipinski definition) is 4. The molecule has 0 atom stereocenters. The molecule has 1 aliphatic carbocycles. The molecule has 0 radical (unpaired) electrons. The van der Waals surface area contributed by atoms with Gasteiger partial charge in [-0.25, -0.2) is 0 Å². The summed E-state index contributed by atoms with van der Waals surface area (Å²) in [5.74, 6) is 0.539. The minimum Gasteiger partial charge on any atom is -0.459 e. The molecule has 2 rings (SSSR count). The van der Waals surface area contributed by atoms with Crippen LogP contribution < -0.4 is 0 Å². The SMILES string of the molecule is CC(=O)OC1(CCC2OCCO2)CCC(C(C)(C)C)CC1. The number of carbonyl (C=O) groups is 1. The maximum atomic E-state index is 11.5. The van der Waals surface area contributed by atoms with Crippen molar-refractivity contribution in [3.8, 4) is 0 Å². The van der Waals surface area contributed by atoms with Crippen molar-refractivity contribution in [2.75, 3.05) is 13.2 Å². The number of ether oxygens (including phenoxy) is 3. The molecule has 0 N–H and O–H groups in total. The molecule has 122 valence electrons. The summed E-state index contributed by atoms with van der Waals surface area (Å²) < 4.78 is 16.8. The van der Waals surface area contributed by atoms with Crippen LogP contribution in [-0.4, -0.2) is 31.1 Å². The Kier molecular flexibility index (Phi) is 5.31. The molecule has 1 heterocycles. The van der Waals surface area contributed by atoms with Crippen molar-refractivity contribution in [3.63, 3.8) is 0 Å². The van der Waals surface area contributed by atoms with Gasteiger partial charge in [-0.1, -0.05) is 20.8 Å². The molecule has 0 spiro atoms. The summed E-state index contributed by atoms with van der Waals surface area (Å²) in [6, 6.07) is 0. The molecule has 0 bridgehead atoms. The largest absolute Gasteiger partial charge is 0.459 e. The predicted octanol–water partition coefficient (Wildman–Crippen LogP) is 3.68. The van der Waals surface area contributed by atoms with Gasteiger partial charge in [-0.2, -0.15) is 0 Å². The second-order valence-electron chi connectivity index (χ2n) is 7.63. The Morgan fingerprint density at radius 2 is 1.76 bits per heavy atom. The molecule has 1 aliphatic heterocycles. The van der Waals surface area contributed by atoms with Crippen molar-refractivity contribution in [1.82, 2.24) is 0 Å². The normalized spacial score (nSPS) is 31.3. The van der Waals surface area contributed by atoms with Gasteiger partial charge in [0.2, 0.25) is 0 Å². The lowest BCUT2D eigenvalue weighted by Crippen LogP contribution is -2.41. The zero-order valence-corrected chi connectivity index (χ0v) is 13.9. The highest BCUT2D eigenvalue weighted by Crippen LogP contribution is 2.45. The monoisotopic (exact) mass is 298 g/mol. The van der Waals surface area contributed by atoms with Crippen molar-refractivity contribution in [1.29, 1.82) is 0 Å². The zero-order chi connectivity index (χ0) is 15.5. The molecule has 0 unspecified atom stereocenters. The van der Waals surface area contributed by atoms with E-state index in [0.29, 0.717) is 24.5 Å². The number of hydrogen-bond donors (Lipinski definition) is 0. The standard InChI is InChI=1S/C17H30O4/c1-13(18)21-17(10-7-15-19-11-12-20-15)8-5-14(6-9-17)16(2,3)4/h14-15H,5-12H2,1-4H3. The number of esters is 1. The Balaban J connectivity index is 1.93. The smallest absolute Gasteiger partial charge is 0.303 e. The third-order valence-electron chi connectivity index (χ3n) is 5.01. The van der Waals surface area contributed by atoms with Gasteiger partial charge in [0.25, 0.3) is 0 Å². The van der Waals surface area contributed by atoms with Crippen LogP contribution in [0.15, 0.2) is 0 Å². The highest BCUT2D eigenvalue weighted by Gasteiger charge is 2.41. The second kappa shape index (κ2) is 6.66. The van der Waals surface area contributed by atoms with E-state index in [2.05, 4.69) is 20.8 Å². The first-order chi connectivity index (χ1) is 9.81. The predicted molar refractivity (Wildman–Crippen MR) is 80.8 cm³/mol. The molecule has 2 fully saturated rings. The van der Waals surface area contributed by atoms with E-state index in [1.165, 1.54) is 6.92 Å². The van der Waals surface area contributed by atoms with Gasteiger partial charge in [-0.3, -0.25) is 4.79 Å². The van der Waals surface area contributed by atoms with Crippen molar-refractivity contribution < 1.29 is 19.0 Å². The molecule has 4 heteroatoms. The second-order valence-corrected chi connectivity index (χ2v) is 7.63. The van der Waals surface area contributed by atoms with Crippen LogP contribution in [0.5, 0.6) is 0 Å². The minimum atomic E-state index is -0.303. The van der Waals surface area contributed by atoms with Crippen molar-refractivity contribution in [3.05, 3.63) is 0 Å². The first-order valence-electron chi connectivity index (χ1n) is 8.24. The van der Waals surface area contributed by atoms with E-state index in [4.69, 9.17) is 14.2 Å². The molecule has 1 saturated heterocycles. The van der Waals surface area contributed by atoms with Crippen LogP contribution in [0.4, 0.5) is 0 Å². The van der Waals surface area contributed by atoms with Gasteiger partial charge in [0.1, 0.15) is 5.60 Å². The minimum absolute atomic E-state index is 0.113. The maximum Gasteiger partial charge on any atom is 0.303 e. The van der Waals surface area contributed by atoms with Gasteiger partial charge < -0.3 is 14.2 Å². The van der Waals surface area contributed by atoms with Crippen molar-refractivity contribution in [2.45, 2.75) is 78.1 Å². The average molecular weight is 298 g/mol. The lowest BCUT2D eigenvalue weighted by molar-refractivity contribution is -0.166. The summed E-state index contributed by atoms with van der Waals surface area (Å²) in [6.45, 7) is 9.78. The van der Waals surface area contributed by atoms with Crippen LogP contribution in [0.2, 0.25) is 0 Å². The van der Waals surface area contributed by atoms with Crippen molar-refractivity contribution in [2.24, 2.45) is 11.3 Å². The molecular formula is C17H30O4. The highest BCUT2D eigenvalue weighted by atomic mass is 16.7. The summed E-state index contributed by atoms with van der Waals surface area (Å²) in [5, 5.41) is 0. The van der Waals surface area contributed by atoms with Crippen LogP contribution in [0.1, 0.15) is 66.2 Å². The quantitative estimate of drug-likeness (QED) is 0.743. The van der Waals surface area contributed by atoms with Crippen LogP contribution in [0.25, 0.3) is 0 Å². The molecule has 2 aliphatic rings. The number of rotatable bonds is 4. The van der Waals surface area contributed by atoms with E-state index < -0.39 is 0 Å². The highest BCUT2D eigenvalue weighted by molar-refractivity contribution is 5.66. The van der Waals surface area contributed by atoms with Crippen LogP contribution in [0, 0.1) is 11.3 Å². The van der Waals surface area contributed by atoms with E-state index >= 15 is 0 Å². The average Bonchev–Trinajstić information content (AvgIpc) is 2.88. The van der Waals surface area contributed by atoms with Gasteiger partial charge in [-0.05, 0) is 43.4 Å². The molecule has 1 saturated carbocycles. The molecular weight excluding hydrogens is 268 g/mol. The summed E-state index contributed by atoms with van der Waals surface area (Å²) in [6.07, 6.45) is 5.72. The Morgan fingerprint density at radius 1 is 1.19 bits per heavy atom. The van der Waals surface area contributed by atoms with Crippen LogP contribution in [-0.2, 0) is 19.0 Å². The van der Waals surface area contributed by atoms with E-state index in [-0.39, 0.29) is 17.9 Å². The molecule has 0 aromatic carbocycles. The third kappa shape index (κ3) is 4.68. The van der Waals surface area contributed by atoms with Crippen LogP contribution >= 0.6 is 0 Å². The Morgan fingerprint density at radius 3 is 2.24 bits per heavy atom. The molecule has 4 nitrogen and oxygen atoms in total. The summed E-state index contributed by atoms with van der Waals surface area (Å²) in [7, 11) is 0. The molecule has 0 aromatic heterocycles. The van der Waals surface area contributed by atoms with Gasteiger partial charge in [0.15, 0.2) is 6.29 Å². The number of carbonyl (C=O) groups excluding carboxylic acids is 1. The van der Waals surface area contributed by atoms with E-state index in [1.54, 1.807) is 0 Å². The molecule has 21 heavy (non-hydrogen) atoms. The van der Waals surface area contributed by atoms with E-state index in [1.807, 2.05) is 0 Å². The van der Waals surface area contributed by atoms with Crippen LogP contribution in [0.3, 0.4) is 0 Å². The summed E-state index contributed by atoms with van der Waals surface area (Å²) >= 11 is 0. The summed E-state index contributed by atoms with van der Waals surface area (Å²) in [4.78, 5) is 11.5. The zero-order valence-electron chi connectivity index (χ0n) is 13.9. The van der Waals surface area contributed by atoms with E-state index in [0.717, 1.165) is 38.5 Å². The van der Waals surface area contributed by atoms with Gasteiger partial charge >= 0.3 is 5.97 Å². The van der Waals surface area contributed by atoms with Gasteiger partial charge in [0.05, 0.1) is 13.2 Å². The Labute approximate surface area is 128 Å². The molecule has 0 amide bonds. The Hall–Kier alpha value is -0.610. The lowest BCUT2D eigenvalue weighted by atomic mass is 9.67. The first-order valence-corrected chi connectivity index (χ1v) is 8.24. The maximum absolute atomic E-state index is 11.5. The van der Waals surface area contributed by atoms with E-state index in [9.17, 15) is 4.79 Å². The first kappa shape index (κ1) is 16.8. The van der Waals surface area contributed by atoms with Gasteiger partial charge in [-0.15, -0.1) is 0 Å². The lowest BCUT2D eigenvalue weighted by Gasteiger charge is -2.43.